The quantitative estimate of drug-likeness (QED) is 0.400. The molecule has 1 rings (SSSR count). The van der Waals surface area contributed by atoms with Gasteiger partial charge in [0, 0.05) is 0 Å². The number of furan rings is 1. The highest BCUT2D eigenvalue weighted by Crippen LogP contribution is 2.44. The second kappa shape index (κ2) is 4.74. The summed E-state index contributed by atoms with van der Waals surface area (Å²) in [6, 6.07) is -2.90. The molecular formula is C9H7F7N2O. The molecule has 10 heteroatoms. The summed E-state index contributed by atoms with van der Waals surface area (Å²) in [4.78, 5) is 0. The zero-order chi connectivity index (χ0) is 14.9. The number of alkyl halides is 7. The predicted octanol–water partition coefficient (Wildman–Crippen LogP) is 3.30. The van der Waals surface area contributed by atoms with Gasteiger partial charge in [0.15, 0.2) is 0 Å². The molecule has 0 amide bonds. The summed E-state index contributed by atoms with van der Waals surface area (Å²) >= 11 is 0. The van der Waals surface area contributed by atoms with E-state index in [2.05, 4.69) is 5.10 Å². The van der Waals surface area contributed by atoms with Crippen molar-refractivity contribution in [2.45, 2.75) is 25.1 Å². The molecule has 0 spiro atoms. The smallest absolute Gasteiger partial charge is 0.460 e. The van der Waals surface area contributed by atoms with E-state index >= 15 is 0 Å². The fourth-order valence-electron chi connectivity index (χ4n) is 0.948. The van der Waals surface area contributed by atoms with Gasteiger partial charge in [-0.05, 0) is 19.1 Å². The van der Waals surface area contributed by atoms with E-state index in [1.54, 1.807) is 0 Å². The Balaban J connectivity index is 2.78. The van der Waals surface area contributed by atoms with Crippen molar-refractivity contribution in [3.8, 4) is 0 Å². The Bertz CT molecular complexity index is 463. The molecule has 0 fully saturated rings. The number of hydrogen-bond donors (Lipinski definition) is 1. The van der Waals surface area contributed by atoms with Crippen molar-refractivity contribution in [2.24, 2.45) is 5.10 Å². The largest absolute Gasteiger partial charge is 0.462 e. The van der Waals surface area contributed by atoms with Gasteiger partial charge in [-0.2, -0.15) is 35.8 Å². The van der Waals surface area contributed by atoms with Crippen LogP contribution in [0.4, 0.5) is 30.7 Å². The van der Waals surface area contributed by atoms with Crippen LogP contribution in [0, 0.1) is 6.92 Å². The molecule has 0 aliphatic carbocycles. The maximum absolute atomic E-state index is 12.7. The number of hydrogen-bond acceptors (Lipinski definition) is 3. The van der Waals surface area contributed by atoms with E-state index < -0.39 is 18.1 Å². The third-order valence-corrected chi connectivity index (χ3v) is 1.91. The Morgan fingerprint density at radius 2 is 1.68 bits per heavy atom. The number of rotatable bonds is 4. The normalized spacial score (nSPS) is 14.1. The van der Waals surface area contributed by atoms with E-state index in [9.17, 15) is 30.7 Å². The zero-order valence-electron chi connectivity index (χ0n) is 9.23. The van der Waals surface area contributed by atoms with E-state index in [0.29, 0.717) is 17.4 Å². The minimum absolute atomic E-state index is 0.0869. The van der Waals surface area contributed by atoms with Crippen LogP contribution in [-0.4, -0.2) is 24.4 Å². The van der Waals surface area contributed by atoms with Gasteiger partial charge in [0.1, 0.15) is 11.5 Å². The fraction of sp³-hybridized carbons (Fsp3) is 0.444. The van der Waals surface area contributed by atoms with Crippen molar-refractivity contribution in [2.75, 3.05) is 0 Å². The Morgan fingerprint density at radius 1 is 1.11 bits per heavy atom. The highest BCUT2D eigenvalue weighted by molar-refractivity contribution is 5.75. The van der Waals surface area contributed by atoms with Gasteiger partial charge in [-0.15, -0.1) is 0 Å². The molecule has 1 heterocycles. The van der Waals surface area contributed by atoms with Crippen LogP contribution in [0.1, 0.15) is 11.5 Å². The lowest BCUT2D eigenvalue weighted by atomic mass is 10.3. The minimum atomic E-state index is -6.40. The van der Waals surface area contributed by atoms with Gasteiger partial charge in [-0.3, -0.25) is 0 Å². The Labute approximate surface area is 102 Å². The first-order chi connectivity index (χ1) is 8.47. The van der Waals surface area contributed by atoms with Crippen LogP contribution in [0.25, 0.3) is 0 Å². The molecule has 1 aromatic heterocycles. The summed E-state index contributed by atoms with van der Waals surface area (Å²) in [6.07, 6.45) is -5.85. The van der Waals surface area contributed by atoms with E-state index in [0.717, 1.165) is 0 Å². The van der Waals surface area contributed by atoms with Crippen LogP contribution >= 0.6 is 0 Å². The van der Waals surface area contributed by atoms with Crippen molar-refractivity contribution in [1.29, 1.82) is 0 Å². The molecule has 0 saturated carbocycles. The summed E-state index contributed by atoms with van der Waals surface area (Å²) in [5, 5.41) is 2.61. The number of nitrogens with zero attached hydrogens (tertiary/aromatic N) is 1. The van der Waals surface area contributed by atoms with Crippen molar-refractivity contribution in [3.05, 3.63) is 23.7 Å². The number of nitrogens with one attached hydrogen (secondary N) is 1. The molecule has 0 atom stereocenters. The molecular weight excluding hydrogens is 285 g/mol. The molecule has 1 aromatic rings. The van der Waals surface area contributed by atoms with Crippen LogP contribution in [0.5, 0.6) is 0 Å². The molecule has 19 heavy (non-hydrogen) atoms. The van der Waals surface area contributed by atoms with Crippen LogP contribution in [-0.2, 0) is 0 Å². The van der Waals surface area contributed by atoms with Crippen LogP contribution < -0.4 is 5.43 Å². The third-order valence-electron chi connectivity index (χ3n) is 1.91. The molecule has 0 radical (unpaired) electrons. The predicted molar refractivity (Wildman–Crippen MR) is 50.1 cm³/mol. The molecule has 1 N–H and O–H groups in total. The molecule has 0 aliphatic heterocycles. The number of aryl methyl sites for hydroxylation is 1. The van der Waals surface area contributed by atoms with Gasteiger partial charge in [-0.1, -0.05) is 0 Å². The topological polar surface area (TPSA) is 37.5 Å². The molecule has 0 saturated heterocycles. The standard InChI is InChI=1S/C9H7F7N2O/c1-5-2-3-6(19-5)4-17-18-9(15,16)7(10,11)8(12,13)14/h2-4,18H,1H3/b17-4+. The monoisotopic (exact) mass is 292 g/mol. The number of halogens is 7. The van der Waals surface area contributed by atoms with Gasteiger partial charge in [0.25, 0.3) is 0 Å². The minimum Gasteiger partial charge on any atom is -0.460 e. The number of hydrazone groups is 1. The third kappa shape index (κ3) is 3.18. The highest BCUT2D eigenvalue weighted by atomic mass is 19.4. The van der Waals surface area contributed by atoms with Crippen LogP contribution in [0.2, 0.25) is 0 Å². The highest BCUT2D eigenvalue weighted by Gasteiger charge is 2.73. The maximum atomic E-state index is 12.7. The fourth-order valence-corrected chi connectivity index (χ4v) is 0.948. The first-order valence-corrected chi connectivity index (χ1v) is 4.66. The Hall–Kier alpha value is -1.74. The molecule has 0 unspecified atom stereocenters. The lowest BCUT2D eigenvalue weighted by Gasteiger charge is -2.27. The maximum Gasteiger partial charge on any atom is 0.462 e. The lowest BCUT2D eigenvalue weighted by Crippen LogP contribution is -2.58. The van der Waals surface area contributed by atoms with Gasteiger partial charge in [0.2, 0.25) is 0 Å². The first-order valence-electron chi connectivity index (χ1n) is 4.66. The van der Waals surface area contributed by atoms with E-state index in [1.807, 2.05) is 0 Å². The summed E-state index contributed by atoms with van der Waals surface area (Å²) in [6.45, 7) is 1.51. The Kier molecular flexibility index (Phi) is 3.82. The van der Waals surface area contributed by atoms with Crippen molar-refractivity contribution in [3.63, 3.8) is 0 Å². The molecule has 0 bridgehead atoms. The van der Waals surface area contributed by atoms with E-state index in [-0.39, 0.29) is 5.76 Å². The van der Waals surface area contributed by atoms with E-state index in [1.165, 1.54) is 19.1 Å². The van der Waals surface area contributed by atoms with Gasteiger partial charge in [0.05, 0.1) is 6.21 Å². The summed E-state index contributed by atoms with van der Waals surface area (Å²) in [5.41, 5.74) is 0.470. The SMILES string of the molecule is Cc1ccc(/C=N/NC(F)(F)C(F)(F)C(F)(F)F)o1. The average Bonchev–Trinajstić information content (AvgIpc) is 2.62. The van der Waals surface area contributed by atoms with Crippen LogP contribution in [0.15, 0.2) is 21.7 Å². The summed E-state index contributed by atoms with van der Waals surface area (Å²) in [5.74, 6) is -5.96. The van der Waals surface area contributed by atoms with Crippen LogP contribution in [0.3, 0.4) is 0 Å². The van der Waals surface area contributed by atoms with Crippen molar-refractivity contribution < 1.29 is 35.2 Å². The van der Waals surface area contributed by atoms with Crippen molar-refractivity contribution >= 4 is 6.21 Å². The second-order valence-electron chi connectivity index (χ2n) is 3.46. The molecule has 108 valence electrons. The molecule has 0 aromatic carbocycles. The molecule has 0 aliphatic rings. The summed E-state index contributed by atoms with van der Waals surface area (Å²) in [7, 11) is 0. The zero-order valence-corrected chi connectivity index (χ0v) is 9.23. The lowest BCUT2D eigenvalue weighted by molar-refractivity contribution is -0.361. The second-order valence-corrected chi connectivity index (χ2v) is 3.46. The molecule has 3 nitrogen and oxygen atoms in total. The Morgan fingerprint density at radius 3 is 2.11 bits per heavy atom. The first kappa shape index (κ1) is 15.3. The van der Waals surface area contributed by atoms with E-state index in [4.69, 9.17) is 4.42 Å². The van der Waals surface area contributed by atoms with Gasteiger partial charge >= 0.3 is 18.1 Å². The van der Waals surface area contributed by atoms with Crippen molar-refractivity contribution in [1.82, 2.24) is 5.43 Å². The average molecular weight is 292 g/mol. The van der Waals surface area contributed by atoms with Gasteiger partial charge < -0.3 is 4.42 Å². The summed E-state index contributed by atoms with van der Waals surface area (Å²) < 4.78 is 90.2. The van der Waals surface area contributed by atoms with Gasteiger partial charge in [-0.25, -0.2) is 5.43 Å².